The van der Waals surface area contributed by atoms with Crippen LogP contribution in [0.4, 0.5) is 11.5 Å². The van der Waals surface area contributed by atoms with Crippen molar-refractivity contribution in [3.63, 3.8) is 0 Å². The highest BCUT2D eigenvalue weighted by Crippen LogP contribution is 2.41. The van der Waals surface area contributed by atoms with Crippen LogP contribution in [0, 0.1) is 24.0 Å². The molecule has 3 heterocycles. The molecule has 0 fully saturated rings. The summed E-state index contributed by atoms with van der Waals surface area (Å²) in [6.07, 6.45) is 1.59. The normalized spacial score (nSPS) is 15.2. The minimum Gasteiger partial charge on any atom is -0.450 e. The van der Waals surface area contributed by atoms with E-state index in [4.69, 9.17) is 4.42 Å². The number of hydrogen-bond acceptors (Lipinski definition) is 6. The van der Waals surface area contributed by atoms with Crippen LogP contribution in [-0.4, -0.2) is 15.8 Å². The number of amides is 1. The van der Waals surface area contributed by atoms with Crippen molar-refractivity contribution in [1.29, 1.82) is 0 Å². The summed E-state index contributed by atoms with van der Waals surface area (Å²) in [6.45, 7) is 3.74. The number of anilines is 1. The number of pyridine rings is 1. The predicted molar refractivity (Wildman–Crippen MR) is 118 cm³/mol. The zero-order valence-corrected chi connectivity index (χ0v) is 17.2. The number of nitro benzene ring substituents is 1. The Bertz CT molecular complexity index is 1470. The molecule has 0 aliphatic carbocycles. The highest BCUT2D eigenvalue weighted by Gasteiger charge is 2.44. The Morgan fingerprint density at radius 3 is 2.41 bits per heavy atom. The van der Waals surface area contributed by atoms with Crippen LogP contribution in [0.3, 0.4) is 0 Å². The first-order valence-electron chi connectivity index (χ1n) is 9.93. The number of aryl methyl sites for hydroxylation is 2. The van der Waals surface area contributed by atoms with Crippen molar-refractivity contribution < 1.29 is 14.1 Å². The molecule has 1 aliphatic rings. The van der Waals surface area contributed by atoms with Crippen molar-refractivity contribution in [2.24, 2.45) is 0 Å². The Labute approximate surface area is 181 Å². The number of carbonyl (C=O) groups is 1. The van der Waals surface area contributed by atoms with Crippen LogP contribution in [0.2, 0.25) is 0 Å². The molecule has 0 unspecified atom stereocenters. The van der Waals surface area contributed by atoms with Crippen molar-refractivity contribution in [1.82, 2.24) is 4.98 Å². The van der Waals surface area contributed by atoms with Gasteiger partial charge in [0.05, 0.1) is 21.9 Å². The number of nitrogens with zero attached hydrogens (tertiary/aromatic N) is 3. The van der Waals surface area contributed by atoms with E-state index in [1.807, 2.05) is 19.9 Å². The second kappa shape index (κ2) is 7.12. The predicted octanol–water partition coefficient (Wildman–Crippen LogP) is 4.46. The lowest BCUT2D eigenvalue weighted by Crippen LogP contribution is -2.30. The number of fused-ring (bicyclic) bond motifs is 2. The van der Waals surface area contributed by atoms with Gasteiger partial charge in [-0.3, -0.25) is 24.6 Å². The van der Waals surface area contributed by atoms with Gasteiger partial charge in [-0.05, 0) is 61.4 Å². The Hall–Kier alpha value is -4.33. The molecule has 32 heavy (non-hydrogen) atoms. The first-order chi connectivity index (χ1) is 15.3. The van der Waals surface area contributed by atoms with Gasteiger partial charge in [-0.25, -0.2) is 4.98 Å². The third-order valence-corrected chi connectivity index (χ3v) is 5.59. The number of hydrogen-bond donors (Lipinski definition) is 0. The van der Waals surface area contributed by atoms with Crippen LogP contribution in [0.1, 0.15) is 38.9 Å². The molecular formula is C24H17N3O5. The summed E-state index contributed by atoms with van der Waals surface area (Å²) in [5, 5.41) is 11.5. The van der Waals surface area contributed by atoms with E-state index >= 15 is 0 Å². The van der Waals surface area contributed by atoms with Crippen molar-refractivity contribution in [3.05, 3.63) is 109 Å². The molecule has 4 aromatic rings. The number of carbonyl (C=O) groups excluding carboxylic acids is 1. The zero-order valence-electron chi connectivity index (χ0n) is 17.2. The number of nitro groups is 1. The van der Waals surface area contributed by atoms with Crippen LogP contribution >= 0.6 is 0 Å². The summed E-state index contributed by atoms with van der Waals surface area (Å²) in [6, 6.07) is 13.7. The van der Waals surface area contributed by atoms with Gasteiger partial charge in [0, 0.05) is 18.3 Å². The Morgan fingerprint density at radius 1 is 1.00 bits per heavy atom. The summed E-state index contributed by atoms with van der Waals surface area (Å²) in [5.41, 5.74) is 2.46. The maximum atomic E-state index is 13.6. The minimum atomic E-state index is -0.825. The van der Waals surface area contributed by atoms with Crippen molar-refractivity contribution >= 4 is 28.4 Å². The maximum Gasteiger partial charge on any atom is 0.296 e. The monoisotopic (exact) mass is 427 g/mol. The molecule has 0 bridgehead atoms. The average Bonchev–Trinajstić information content (AvgIpc) is 3.07. The van der Waals surface area contributed by atoms with Gasteiger partial charge < -0.3 is 4.42 Å². The Kier molecular flexibility index (Phi) is 4.37. The summed E-state index contributed by atoms with van der Waals surface area (Å²) in [4.78, 5) is 43.4. The van der Waals surface area contributed by atoms with E-state index in [0.29, 0.717) is 22.4 Å². The molecule has 5 rings (SSSR count). The van der Waals surface area contributed by atoms with Crippen LogP contribution < -0.4 is 10.3 Å². The number of rotatable bonds is 3. The Balaban J connectivity index is 1.80. The molecule has 8 heteroatoms. The van der Waals surface area contributed by atoms with Gasteiger partial charge in [-0.15, -0.1) is 0 Å². The topological polar surface area (TPSA) is 107 Å². The smallest absolute Gasteiger partial charge is 0.296 e. The summed E-state index contributed by atoms with van der Waals surface area (Å²) >= 11 is 0. The molecule has 0 spiro atoms. The van der Waals surface area contributed by atoms with E-state index in [9.17, 15) is 19.7 Å². The molecule has 0 N–H and O–H groups in total. The number of aromatic nitrogens is 1. The fraction of sp³-hybridized carbons (Fsp3) is 0.125. The summed E-state index contributed by atoms with van der Waals surface area (Å²) in [5.74, 6) is -0.163. The van der Waals surface area contributed by atoms with Gasteiger partial charge >= 0.3 is 0 Å². The highest BCUT2D eigenvalue weighted by atomic mass is 16.6. The third kappa shape index (κ3) is 2.96. The maximum absolute atomic E-state index is 13.6. The molecular weight excluding hydrogens is 410 g/mol. The van der Waals surface area contributed by atoms with E-state index < -0.39 is 16.9 Å². The molecule has 2 aromatic heterocycles. The van der Waals surface area contributed by atoms with Crippen molar-refractivity contribution in [3.8, 4) is 0 Å². The van der Waals surface area contributed by atoms with E-state index in [-0.39, 0.29) is 22.4 Å². The standard InChI is InChI=1S/C24H17N3O5/c1-13-3-8-18-17(11-13)22(28)20-21(15-4-6-16(7-5-15)27(30)31)26(24(29)23(20)32-18)19-12-14(2)9-10-25-19/h3-12,21H,1-2H3/t21-/m1/s1. The zero-order chi connectivity index (χ0) is 22.6. The first-order valence-corrected chi connectivity index (χ1v) is 9.93. The Morgan fingerprint density at radius 2 is 1.72 bits per heavy atom. The molecule has 0 radical (unpaired) electrons. The lowest BCUT2D eigenvalue weighted by atomic mass is 9.98. The van der Waals surface area contributed by atoms with E-state index in [0.717, 1.165) is 11.1 Å². The van der Waals surface area contributed by atoms with E-state index in [1.54, 1.807) is 42.6 Å². The average molecular weight is 427 g/mol. The molecule has 0 saturated heterocycles. The lowest BCUT2D eigenvalue weighted by Gasteiger charge is -2.24. The third-order valence-electron chi connectivity index (χ3n) is 5.59. The van der Waals surface area contributed by atoms with Gasteiger partial charge in [0.25, 0.3) is 11.6 Å². The number of benzene rings is 2. The second-order valence-electron chi connectivity index (χ2n) is 7.79. The minimum absolute atomic E-state index is 0.0435. The molecule has 158 valence electrons. The quantitative estimate of drug-likeness (QED) is 0.353. The van der Waals surface area contributed by atoms with E-state index in [1.165, 1.54) is 17.0 Å². The van der Waals surface area contributed by atoms with Crippen LogP contribution in [-0.2, 0) is 0 Å². The van der Waals surface area contributed by atoms with E-state index in [2.05, 4.69) is 4.98 Å². The molecule has 1 amide bonds. The SMILES string of the molecule is Cc1ccnc(N2C(=O)c3oc4ccc(C)cc4c(=O)c3[C@H]2c2ccc([N+](=O)[O-])cc2)c1. The summed E-state index contributed by atoms with van der Waals surface area (Å²) in [7, 11) is 0. The van der Waals surface area contributed by atoms with Gasteiger partial charge in [0.1, 0.15) is 11.4 Å². The number of non-ortho nitro benzene ring substituents is 1. The molecule has 1 aliphatic heterocycles. The fourth-order valence-electron chi connectivity index (χ4n) is 4.07. The van der Waals surface area contributed by atoms with Gasteiger partial charge in [0.2, 0.25) is 5.76 Å². The molecule has 1 atom stereocenters. The van der Waals surface area contributed by atoms with Gasteiger partial charge in [-0.2, -0.15) is 0 Å². The molecule has 0 saturated carbocycles. The first kappa shape index (κ1) is 19.6. The van der Waals surface area contributed by atoms with Crippen LogP contribution in [0.25, 0.3) is 11.0 Å². The molecule has 8 nitrogen and oxygen atoms in total. The summed E-state index contributed by atoms with van der Waals surface area (Å²) < 4.78 is 5.92. The fourth-order valence-corrected chi connectivity index (χ4v) is 4.07. The second-order valence-corrected chi connectivity index (χ2v) is 7.79. The lowest BCUT2D eigenvalue weighted by molar-refractivity contribution is -0.384. The van der Waals surface area contributed by atoms with Gasteiger partial charge in [0.15, 0.2) is 5.43 Å². The molecule has 2 aromatic carbocycles. The van der Waals surface area contributed by atoms with Crippen LogP contribution in [0.5, 0.6) is 0 Å². The van der Waals surface area contributed by atoms with Crippen LogP contribution in [0.15, 0.2) is 70.0 Å². The van der Waals surface area contributed by atoms with Crippen molar-refractivity contribution in [2.75, 3.05) is 4.90 Å². The van der Waals surface area contributed by atoms with Crippen molar-refractivity contribution in [2.45, 2.75) is 19.9 Å². The van der Waals surface area contributed by atoms with Gasteiger partial charge in [-0.1, -0.05) is 11.6 Å². The largest absolute Gasteiger partial charge is 0.450 e. The highest BCUT2D eigenvalue weighted by molar-refractivity contribution is 6.10.